The van der Waals surface area contributed by atoms with Crippen molar-refractivity contribution in [3.05, 3.63) is 0 Å². The quantitative estimate of drug-likeness (QED) is 0.783. The van der Waals surface area contributed by atoms with E-state index in [4.69, 9.17) is 4.74 Å². The van der Waals surface area contributed by atoms with E-state index in [1.807, 2.05) is 27.7 Å². The van der Waals surface area contributed by atoms with Crippen LogP contribution in [0.3, 0.4) is 0 Å². The van der Waals surface area contributed by atoms with E-state index in [2.05, 4.69) is 17.6 Å². The molecule has 1 saturated carbocycles. The molecule has 0 aliphatic heterocycles. The monoisotopic (exact) mass is 298 g/mol. The third-order valence-corrected chi connectivity index (χ3v) is 4.18. The van der Waals surface area contributed by atoms with Crippen LogP contribution in [-0.4, -0.2) is 30.3 Å². The highest BCUT2D eigenvalue weighted by Gasteiger charge is 2.23. The van der Waals surface area contributed by atoms with E-state index in [9.17, 15) is 4.79 Å². The molecule has 1 rings (SSSR count). The minimum atomic E-state index is -0.432. The van der Waals surface area contributed by atoms with Crippen molar-refractivity contribution in [1.82, 2.24) is 10.6 Å². The molecule has 0 aromatic heterocycles. The van der Waals surface area contributed by atoms with Crippen molar-refractivity contribution in [1.29, 1.82) is 0 Å². The molecule has 0 spiro atoms. The number of carbonyl (C=O) groups excluding carboxylic acids is 1. The van der Waals surface area contributed by atoms with Gasteiger partial charge in [-0.25, -0.2) is 4.79 Å². The molecule has 1 aliphatic rings. The average molecular weight is 298 g/mol. The average Bonchev–Trinajstić information content (AvgIpc) is 2.36. The summed E-state index contributed by atoms with van der Waals surface area (Å²) in [6.45, 7) is 10.9. The van der Waals surface area contributed by atoms with E-state index < -0.39 is 5.60 Å². The molecule has 0 aromatic carbocycles. The first kappa shape index (κ1) is 18.3. The Labute approximate surface area is 130 Å². The van der Waals surface area contributed by atoms with E-state index in [0.717, 1.165) is 18.9 Å². The predicted molar refractivity (Wildman–Crippen MR) is 87.5 cm³/mol. The Morgan fingerprint density at radius 3 is 2.57 bits per heavy atom. The largest absolute Gasteiger partial charge is 0.444 e. The van der Waals surface area contributed by atoms with Crippen LogP contribution in [0.1, 0.15) is 73.1 Å². The standard InChI is InChI=1S/C17H34N2O2/c1-6-14-9-7-8-10-15(14)18-12-11-13(2)19-16(20)21-17(3,4)5/h13-15,18H,6-12H2,1-5H3,(H,19,20). The Morgan fingerprint density at radius 1 is 1.29 bits per heavy atom. The van der Waals surface area contributed by atoms with E-state index in [1.165, 1.54) is 32.1 Å². The number of hydrogen-bond donors (Lipinski definition) is 2. The lowest BCUT2D eigenvalue weighted by molar-refractivity contribution is 0.0506. The second-order valence-electron chi connectivity index (χ2n) is 7.35. The van der Waals surface area contributed by atoms with Crippen LogP contribution in [0.25, 0.3) is 0 Å². The molecule has 0 heterocycles. The lowest BCUT2D eigenvalue weighted by Crippen LogP contribution is -2.42. The van der Waals surface area contributed by atoms with Crippen LogP contribution >= 0.6 is 0 Å². The van der Waals surface area contributed by atoms with Gasteiger partial charge in [0.1, 0.15) is 5.60 Å². The highest BCUT2D eigenvalue weighted by molar-refractivity contribution is 5.67. The second kappa shape index (κ2) is 8.62. The molecule has 0 aromatic rings. The summed E-state index contributed by atoms with van der Waals surface area (Å²) in [5, 5.41) is 6.58. The van der Waals surface area contributed by atoms with Crippen molar-refractivity contribution in [3.63, 3.8) is 0 Å². The fourth-order valence-corrected chi connectivity index (χ4v) is 3.03. The number of amides is 1. The number of nitrogens with one attached hydrogen (secondary N) is 2. The van der Waals surface area contributed by atoms with Crippen molar-refractivity contribution < 1.29 is 9.53 Å². The molecule has 1 amide bonds. The van der Waals surface area contributed by atoms with Crippen LogP contribution in [0.15, 0.2) is 0 Å². The minimum Gasteiger partial charge on any atom is -0.444 e. The van der Waals surface area contributed by atoms with Gasteiger partial charge in [0.2, 0.25) is 0 Å². The SMILES string of the molecule is CCC1CCCCC1NCCC(C)NC(=O)OC(C)(C)C. The molecule has 4 heteroatoms. The summed E-state index contributed by atoms with van der Waals surface area (Å²) in [6, 6.07) is 0.800. The zero-order valence-electron chi connectivity index (χ0n) is 14.5. The molecule has 21 heavy (non-hydrogen) atoms. The first-order chi connectivity index (χ1) is 9.81. The molecule has 124 valence electrons. The summed E-state index contributed by atoms with van der Waals surface area (Å²) in [4.78, 5) is 11.7. The maximum Gasteiger partial charge on any atom is 0.407 e. The maximum absolute atomic E-state index is 11.7. The van der Waals surface area contributed by atoms with E-state index >= 15 is 0 Å². The van der Waals surface area contributed by atoms with Crippen LogP contribution < -0.4 is 10.6 Å². The topological polar surface area (TPSA) is 50.4 Å². The number of carbonyl (C=O) groups is 1. The van der Waals surface area contributed by atoms with Crippen LogP contribution in [0.2, 0.25) is 0 Å². The van der Waals surface area contributed by atoms with Crippen LogP contribution in [0.4, 0.5) is 4.79 Å². The molecule has 0 saturated heterocycles. The van der Waals surface area contributed by atoms with Crippen molar-refractivity contribution in [3.8, 4) is 0 Å². The lowest BCUT2D eigenvalue weighted by Gasteiger charge is -2.32. The Kier molecular flexibility index (Phi) is 7.50. The van der Waals surface area contributed by atoms with E-state index in [0.29, 0.717) is 6.04 Å². The first-order valence-electron chi connectivity index (χ1n) is 8.54. The fraction of sp³-hybridized carbons (Fsp3) is 0.941. The number of ether oxygens (including phenoxy) is 1. The van der Waals surface area contributed by atoms with Gasteiger partial charge in [0.25, 0.3) is 0 Å². The molecule has 4 nitrogen and oxygen atoms in total. The highest BCUT2D eigenvalue weighted by atomic mass is 16.6. The van der Waals surface area contributed by atoms with Gasteiger partial charge >= 0.3 is 6.09 Å². The summed E-state index contributed by atoms with van der Waals surface area (Å²) in [5.74, 6) is 0.827. The first-order valence-corrected chi connectivity index (χ1v) is 8.54. The number of rotatable bonds is 6. The zero-order chi connectivity index (χ0) is 15.9. The van der Waals surface area contributed by atoms with Gasteiger partial charge in [0.05, 0.1) is 0 Å². The smallest absolute Gasteiger partial charge is 0.407 e. The van der Waals surface area contributed by atoms with Crippen molar-refractivity contribution in [2.45, 2.75) is 90.8 Å². The summed E-state index contributed by atoms with van der Waals surface area (Å²) >= 11 is 0. The minimum absolute atomic E-state index is 0.135. The highest BCUT2D eigenvalue weighted by Crippen LogP contribution is 2.26. The van der Waals surface area contributed by atoms with Gasteiger partial charge < -0.3 is 15.4 Å². The number of hydrogen-bond acceptors (Lipinski definition) is 3. The van der Waals surface area contributed by atoms with Crippen molar-refractivity contribution in [2.24, 2.45) is 5.92 Å². The fourth-order valence-electron chi connectivity index (χ4n) is 3.03. The second-order valence-corrected chi connectivity index (χ2v) is 7.35. The van der Waals surface area contributed by atoms with Crippen LogP contribution in [-0.2, 0) is 4.74 Å². The zero-order valence-corrected chi connectivity index (χ0v) is 14.5. The van der Waals surface area contributed by atoms with E-state index in [-0.39, 0.29) is 12.1 Å². The lowest BCUT2D eigenvalue weighted by atomic mass is 9.83. The molecular weight excluding hydrogens is 264 g/mol. The Morgan fingerprint density at radius 2 is 1.95 bits per heavy atom. The van der Waals surface area contributed by atoms with Crippen molar-refractivity contribution in [2.75, 3.05) is 6.54 Å². The van der Waals surface area contributed by atoms with Crippen LogP contribution in [0, 0.1) is 5.92 Å². The van der Waals surface area contributed by atoms with Gasteiger partial charge in [-0.05, 0) is 59.4 Å². The van der Waals surface area contributed by atoms with Crippen molar-refractivity contribution >= 4 is 6.09 Å². The summed E-state index contributed by atoms with van der Waals surface area (Å²) in [6.07, 6.45) is 7.27. The van der Waals surface area contributed by atoms with E-state index in [1.54, 1.807) is 0 Å². The molecule has 2 N–H and O–H groups in total. The molecule has 0 radical (unpaired) electrons. The predicted octanol–water partition coefficient (Wildman–Crippen LogP) is 3.85. The maximum atomic E-state index is 11.7. The Hall–Kier alpha value is -0.770. The normalized spacial score (nSPS) is 24.4. The Balaban J connectivity index is 2.20. The molecule has 1 fully saturated rings. The summed E-state index contributed by atoms with van der Waals surface area (Å²) < 4.78 is 5.27. The molecule has 3 atom stereocenters. The van der Waals surface area contributed by atoms with Gasteiger partial charge in [-0.2, -0.15) is 0 Å². The van der Waals surface area contributed by atoms with Gasteiger partial charge in [-0.1, -0.05) is 26.2 Å². The molecular formula is C17H34N2O2. The van der Waals surface area contributed by atoms with Crippen LogP contribution in [0.5, 0.6) is 0 Å². The van der Waals surface area contributed by atoms with Gasteiger partial charge in [0.15, 0.2) is 0 Å². The Bertz CT molecular complexity index is 312. The third-order valence-electron chi connectivity index (χ3n) is 4.18. The summed E-state index contributed by atoms with van der Waals surface area (Å²) in [7, 11) is 0. The molecule has 0 bridgehead atoms. The van der Waals surface area contributed by atoms with Gasteiger partial charge in [0, 0.05) is 12.1 Å². The number of alkyl carbamates (subject to hydrolysis) is 1. The molecule has 1 aliphatic carbocycles. The van der Waals surface area contributed by atoms with Gasteiger partial charge in [-0.3, -0.25) is 0 Å². The summed E-state index contributed by atoms with van der Waals surface area (Å²) in [5.41, 5.74) is -0.432. The van der Waals surface area contributed by atoms with Gasteiger partial charge in [-0.15, -0.1) is 0 Å². The molecule has 3 unspecified atom stereocenters. The third kappa shape index (κ3) is 7.70.